The van der Waals surface area contributed by atoms with Crippen LogP contribution in [0.4, 0.5) is 11.9 Å². The molecule has 0 saturated carbocycles. The topological polar surface area (TPSA) is 53.9 Å². The normalized spacial score (nSPS) is 10.4. The number of hydrogen-bond donors (Lipinski definition) is 1. The van der Waals surface area contributed by atoms with Crippen molar-refractivity contribution in [3.8, 4) is 0 Å². The van der Waals surface area contributed by atoms with Crippen molar-refractivity contribution in [3.63, 3.8) is 0 Å². The zero-order chi connectivity index (χ0) is 14.5. The van der Waals surface area contributed by atoms with Crippen LogP contribution >= 0.6 is 11.6 Å². The van der Waals surface area contributed by atoms with Crippen LogP contribution in [0.15, 0.2) is 24.3 Å². The number of benzene rings is 1. The third-order valence-electron chi connectivity index (χ3n) is 2.81. The van der Waals surface area contributed by atoms with E-state index in [0.29, 0.717) is 18.4 Å². The van der Waals surface area contributed by atoms with E-state index in [4.69, 9.17) is 11.6 Å². The molecule has 0 amide bonds. The van der Waals surface area contributed by atoms with Gasteiger partial charge in [-0.3, -0.25) is 0 Å². The molecular formula is C14H18ClN5. The predicted molar refractivity (Wildman–Crippen MR) is 82.3 cm³/mol. The minimum atomic E-state index is 0.196. The van der Waals surface area contributed by atoms with Gasteiger partial charge in [-0.1, -0.05) is 29.8 Å². The molecule has 1 N–H and O–H groups in total. The van der Waals surface area contributed by atoms with Crippen molar-refractivity contribution in [3.05, 3.63) is 40.7 Å². The maximum absolute atomic E-state index is 5.92. The largest absolute Gasteiger partial charge is 0.354 e. The maximum atomic E-state index is 5.92. The molecule has 0 aliphatic carbocycles. The summed E-state index contributed by atoms with van der Waals surface area (Å²) < 4.78 is 0. The van der Waals surface area contributed by atoms with E-state index in [0.717, 1.165) is 6.54 Å². The second-order valence-corrected chi connectivity index (χ2v) is 4.94. The van der Waals surface area contributed by atoms with Gasteiger partial charge in [-0.15, -0.1) is 0 Å². The summed E-state index contributed by atoms with van der Waals surface area (Å²) in [4.78, 5) is 14.5. The Kier molecular flexibility index (Phi) is 4.74. The molecule has 0 atom stereocenters. The summed E-state index contributed by atoms with van der Waals surface area (Å²) in [7, 11) is 1.93. The molecule has 2 rings (SSSR count). The van der Waals surface area contributed by atoms with Gasteiger partial charge in [-0.2, -0.15) is 15.0 Å². The number of nitrogens with zero attached hydrogens (tertiary/aromatic N) is 4. The van der Waals surface area contributed by atoms with Crippen molar-refractivity contribution >= 4 is 23.5 Å². The van der Waals surface area contributed by atoms with E-state index in [1.807, 2.05) is 18.9 Å². The molecule has 5 nitrogen and oxygen atoms in total. The van der Waals surface area contributed by atoms with Crippen molar-refractivity contribution in [1.29, 1.82) is 0 Å². The zero-order valence-corrected chi connectivity index (χ0v) is 12.6. The summed E-state index contributed by atoms with van der Waals surface area (Å²) in [5.74, 6) is 1.06. The van der Waals surface area contributed by atoms with Crippen molar-refractivity contribution in [1.82, 2.24) is 15.0 Å². The van der Waals surface area contributed by atoms with Crippen LogP contribution in [0.2, 0.25) is 5.28 Å². The van der Waals surface area contributed by atoms with Crippen LogP contribution in [0.25, 0.3) is 0 Å². The Labute approximate surface area is 124 Å². The minimum absolute atomic E-state index is 0.196. The second-order valence-electron chi connectivity index (χ2n) is 4.60. The van der Waals surface area contributed by atoms with E-state index in [2.05, 4.69) is 51.5 Å². The summed E-state index contributed by atoms with van der Waals surface area (Å²) >= 11 is 5.92. The van der Waals surface area contributed by atoms with Gasteiger partial charge in [-0.25, -0.2) is 0 Å². The van der Waals surface area contributed by atoms with Gasteiger partial charge >= 0.3 is 0 Å². The van der Waals surface area contributed by atoms with Gasteiger partial charge in [0.25, 0.3) is 0 Å². The van der Waals surface area contributed by atoms with Gasteiger partial charge in [0.05, 0.1) is 0 Å². The third kappa shape index (κ3) is 3.81. The van der Waals surface area contributed by atoms with Crippen LogP contribution in [-0.2, 0) is 6.54 Å². The number of aromatic nitrogens is 3. The first-order valence-electron chi connectivity index (χ1n) is 6.50. The Hall–Kier alpha value is -1.88. The molecule has 0 radical (unpaired) electrons. The first-order valence-corrected chi connectivity index (χ1v) is 6.88. The third-order valence-corrected chi connectivity index (χ3v) is 2.98. The molecule has 0 fully saturated rings. The predicted octanol–water partition coefficient (Wildman–Crippen LogP) is 2.90. The smallest absolute Gasteiger partial charge is 0.231 e. The molecule has 0 aliphatic rings. The van der Waals surface area contributed by atoms with Crippen LogP contribution in [0.3, 0.4) is 0 Å². The molecule has 0 unspecified atom stereocenters. The molecule has 2 aromatic rings. The highest BCUT2D eigenvalue weighted by atomic mass is 35.5. The highest BCUT2D eigenvalue weighted by Crippen LogP contribution is 2.15. The molecule has 1 aromatic heterocycles. The number of nitrogens with one attached hydrogen (secondary N) is 1. The average Bonchev–Trinajstić information content (AvgIpc) is 2.41. The standard InChI is InChI=1S/C14H18ClN5/c1-4-16-13-17-12(15)18-14(19-13)20(3)9-11-7-5-10(2)6-8-11/h5-8H,4,9H2,1-3H3,(H,16,17,18,19). The number of rotatable bonds is 5. The molecule has 106 valence electrons. The SMILES string of the molecule is CCNc1nc(Cl)nc(N(C)Cc2ccc(C)cc2)n1. The quantitative estimate of drug-likeness (QED) is 0.918. The molecule has 0 bridgehead atoms. The van der Waals surface area contributed by atoms with Gasteiger partial charge in [0.2, 0.25) is 17.2 Å². The van der Waals surface area contributed by atoms with E-state index < -0.39 is 0 Å². The number of anilines is 2. The molecule has 0 saturated heterocycles. The Morgan fingerprint density at radius 1 is 1.15 bits per heavy atom. The molecule has 20 heavy (non-hydrogen) atoms. The summed E-state index contributed by atoms with van der Waals surface area (Å²) in [6, 6.07) is 8.38. The van der Waals surface area contributed by atoms with Crippen LogP contribution in [0.5, 0.6) is 0 Å². The number of halogens is 1. The summed E-state index contributed by atoms with van der Waals surface area (Å²) in [6.45, 7) is 5.50. The maximum Gasteiger partial charge on any atom is 0.231 e. The van der Waals surface area contributed by atoms with Crippen LogP contribution < -0.4 is 10.2 Å². The lowest BCUT2D eigenvalue weighted by atomic mass is 10.1. The van der Waals surface area contributed by atoms with Gasteiger partial charge in [-0.05, 0) is 31.0 Å². The van der Waals surface area contributed by atoms with Crippen molar-refractivity contribution < 1.29 is 0 Å². The second kappa shape index (κ2) is 6.52. The zero-order valence-electron chi connectivity index (χ0n) is 11.9. The first-order chi connectivity index (χ1) is 9.58. The Balaban J connectivity index is 2.15. The van der Waals surface area contributed by atoms with Gasteiger partial charge in [0, 0.05) is 20.1 Å². The van der Waals surface area contributed by atoms with Gasteiger partial charge < -0.3 is 10.2 Å². The highest BCUT2D eigenvalue weighted by Gasteiger charge is 2.09. The Morgan fingerprint density at radius 2 is 1.85 bits per heavy atom. The van der Waals surface area contributed by atoms with E-state index in [1.165, 1.54) is 11.1 Å². The van der Waals surface area contributed by atoms with E-state index in [1.54, 1.807) is 0 Å². The fourth-order valence-corrected chi connectivity index (χ4v) is 1.94. The lowest BCUT2D eigenvalue weighted by Crippen LogP contribution is -2.20. The highest BCUT2D eigenvalue weighted by molar-refractivity contribution is 6.28. The first kappa shape index (κ1) is 14.5. The molecule has 1 aromatic carbocycles. The Bertz CT molecular complexity index is 570. The van der Waals surface area contributed by atoms with E-state index in [9.17, 15) is 0 Å². The average molecular weight is 292 g/mol. The summed E-state index contributed by atoms with van der Waals surface area (Å²) in [6.07, 6.45) is 0. The fourth-order valence-electron chi connectivity index (χ4n) is 1.79. The number of aryl methyl sites for hydroxylation is 1. The van der Waals surface area contributed by atoms with E-state index >= 15 is 0 Å². The monoisotopic (exact) mass is 291 g/mol. The van der Waals surface area contributed by atoms with Crippen molar-refractivity contribution in [2.45, 2.75) is 20.4 Å². The molecule has 6 heteroatoms. The van der Waals surface area contributed by atoms with Crippen molar-refractivity contribution in [2.24, 2.45) is 0 Å². The summed E-state index contributed by atoms with van der Waals surface area (Å²) in [5, 5.41) is 3.24. The van der Waals surface area contributed by atoms with Gasteiger partial charge in [0.15, 0.2) is 0 Å². The molecular weight excluding hydrogens is 274 g/mol. The van der Waals surface area contributed by atoms with Crippen LogP contribution in [0.1, 0.15) is 18.1 Å². The lowest BCUT2D eigenvalue weighted by molar-refractivity contribution is 0.852. The van der Waals surface area contributed by atoms with Gasteiger partial charge in [0.1, 0.15) is 0 Å². The fraction of sp³-hybridized carbons (Fsp3) is 0.357. The van der Waals surface area contributed by atoms with Crippen LogP contribution in [-0.4, -0.2) is 28.5 Å². The molecule has 1 heterocycles. The minimum Gasteiger partial charge on any atom is -0.354 e. The Morgan fingerprint density at radius 3 is 2.50 bits per heavy atom. The summed E-state index contributed by atoms with van der Waals surface area (Å²) in [5.41, 5.74) is 2.44. The number of hydrogen-bond acceptors (Lipinski definition) is 5. The molecule has 0 aliphatic heterocycles. The van der Waals surface area contributed by atoms with E-state index in [-0.39, 0.29) is 5.28 Å². The van der Waals surface area contributed by atoms with Crippen molar-refractivity contribution in [2.75, 3.05) is 23.8 Å². The lowest BCUT2D eigenvalue weighted by Gasteiger charge is -2.17. The molecule has 0 spiro atoms. The van der Waals surface area contributed by atoms with Crippen LogP contribution in [0, 0.1) is 6.92 Å².